The monoisotopic (exact) mass is 311 g/mol. The first kappa shape index (κ1) is 15.7. The summed E-state index contributed by atoms with van der Waals surface area (Å²) in [5.41, 5.74) is 0.672. The molecule has 1 saturated heterocycles. The maximum Gasteiger partial charge on any atom is 0.211 e. The SMILES string of the molecule is CS(=O)(=O)N1CCCC(CNc2ccc(F)c(C#N)c2)C1. The van der Waals surface area contributed by atoms with Gasteiger partial charge in [-0.15, -0.1) is 0 Å². The van der Waals surface area contributed by atoms with Gasteiger partial charge < -0.3 is 5.32 Å². The third-order valence-electron chi connectivity index (χ3n) is 3.63. The van der Waals surface area contributed by atoms with Crippen LogP contribution in [0.4, 0.5) is 10.1 Å². The lowest BCUT2D eigenvalue weighted by Crippen LogP contribution is -2.41. The number of nitriles is 1. The molecule has 7 heteroatoms. The molecule has 1 heterocycles. The quantitative estimate of drug-likeness (QED) is 0.920. The van der Waals surface area contributed by atoms with Crippen LogP contribution >= 0.6 is 0 Å². The Hall–Kier alpha value is -1.65. The summed E-state index contributed by atoms with van der Waals surface area (Å²) in [6.07, 6.45) is 3.01. The largest absolute Gasteiger partial charge is 0.385 e. The number of hydrogen-bond donors (Lipinski definition) is 1. The van der Waals surface area contributed by atoms with Crippen molar-refractivity contribution in [2.75, 3.05) is 31.2 Å². The van der Waals surface area contributed by atoms with E-state index in [-0.39, 0.29) is 11.5 Å². The van der Waals surface area contributed by atoms with Gasteiger partial charge in [0, 0.05) is 25.3 Å². The summed E-state index contributed by atoms with van der Waals surface area (Å²) in [6, 6.07) is 6.09. The van der Waals surface area contributed by atoms with Crippen LogP contribution in [-0.4, -0.2) is 38.6 Å². The minimum atomic E-state index is -3.15. The van der Waals surface area contributed by atoms with Gasteiger partial charge in [0.1, 0.15) is 11.9 Å². The summed E-state index contributed by atoms with van der Waals surface area (Å²) >= 11 is 0. The molecule has 21 heavy (non-hydrogen) atoms. The Labute approximate surface area is 124 Å². The number of piperidine rings is 1. The summed E-state index contributed by atoms with van der Waals surface area (Å²) in [7, 11) is -3.15. The van der Waals surface area contributed by atoms with Gasteiger partial charge >= 0.3 is 0 Å². The molecule has 1 aromatic carbocycles. The van der Waals surface area contributed by atoms with Gasteiger partial charge in [-0.2, -0.15) is 5.26 Å². The highest BCUT2D eigenvalue weighted by molar-refractivity contribution is 7.88. The van der Waals surface area contributed by atoms with Gasteiger partial charge in [-0.05, 0) is 37.0 Å². The zero-order valence-corrected chi connectivity index (χ0v) is 12.7. The number of rotatable bonds is 4. The number of sulfonamides is 1. The highest BCUT2D eigenvalue weighted by Gasteiger charge is 2.25. The molecule has 0 aromatic heterocycles. The Bertz CT molecular complexity index is 655. The second-order valence-corrected chi connectivity index (χ2v) is 7.30. The molecule has 1 aliphatic rings. The maximum absolute atomic E-state index is 13.2. The van der Waals surface area contributed by atoms with Crippen LogP contribution in [0, 0.1) is 23.1 Å². The molecule has 1 aromatic rings. The van der Waals surface area contributed by atoms with E-state index in [0.29, 0.717) is 25.3 Å². The van der Waals surface area contributed by atoms with Crippen LogP contribution in [0.25, 0.3) is 0 Å². The van der Waals surface area contributed by atoms with E-state index in [2.05, 4.69) is 5.32 Å². The number of hydrogen-bond acceptors (Lipinski definition) is 4. The summed E-state index contributed by atoms with van der Waals surface area (Å²) in [6.45, 7) is 1.67. The first-order valence-corrected chi connectivity index (χ1v) is 8.63. The Balaban J connectivity index is 1.96. The van der Waals surface area contributed by atoms with Crippen molar-refractivity contribution in [1.29, 1.82) is 5.26 Å². The van der Waals surface area contributed by atoms with Crippen molar-refractivity contribution in [2.24, 2.45) is 5.92 Å². The Morgan fingerprint density at radius 3 is 2.95 bits per heavy atom. The van der Waals surface area contributed by atoms with Crippen molar-refractivity contribution in [3.63, 3.8) is 0 Å². The molecule has 0 radical (unpaired) electrons. The van der Waals surface area contributed by atoms with Gasteiger partial charge in [0.2, 0.25) is 10.0 Å². The van der Waals surface area contributed by atoms with E-state index in [1.165, 1.54) is 22.7 Å². The Morgan fingerprint density at radius 2 is 2.29 bits per heavy atom. The van der Waals surface area contributed by atoms with Crippen LogP contribution in [0.1, 0.15) is 18.4 Å². The van der Waals surface area contributed by atoms with E-state index in [1.807, 2.05) is 0 Å². The number of benzene rings is 1. The lowest BCUT2D eigenvalue weighted by atomic mass is 9.99. The average Bonchev–Trinajstić information content (AvgIpc) is 2.46. The number of anilines is 1. The van der Waals surface area contributed by atoms with E-state index >= 15 is 0 Å². The predicted octanol–water partition coefficient (Wildman–Crippen LogP) is 1.78. The molecule has 1 aliphatic heterocycles. The number of nitrogens with zero attached hydrogens (tertiary/aromatic N) is 2. The van der Waals surface area contributed by atoms with E-state index in [0.717, 1.165) is 12.8 Å². The molecule has 0 spiro atoms. The number of nitrogens with one attached hydrogen (secondary N) is 1. The molecule has 5 nitrogen and oxygen atoms in total. The van der Waals surface area contributed by atoms with Crippen LogP contribution < -0.4 is 5.32 Å². The van der Waals surface area contributed by atoms with Crippen LogP contribution in [0.15, 0.2) is 18.2 Å². The average molecular weight is 311 g/mol. The molecule has 1 fully saturated rings. The molecule has 114 valence electrons. The lowest BCUT2D eigenvalue weighted by Gasteiger charge is -2.31. The van der Waals surface area contributed by atoms with Crippen molar-refractivity contribution in [1.82, 2.24) is 4.31 Å². The summed E-state index contributed by atoms with van der Waals surface area (Å²) in [5, 5.41) is 11.9. The topological polar surface area (TPSA) is 73.2 Å². The first-order chi connectivity index (χ1) is 9.90. The van der Waals surface area contributed by atoms with Crippen LogP contribution in [0.5, 0.6) is 0 Å². The molecular weight excluding hydrogens is 293 g/mol. The van der Waals surface area contributed by atoms with Crippen LogP contribution in [0.2, 0.25) is 0 Å². The molecular formula is C14H18FN3O2S. The van der Waals surface area contributed by atoms with Gasteiger partial charge in [-0.25, -0.2) is 17.1 Å². The molecule has 0 aliphatic carbocycles. The van der Waals surface area contributed by atoms with Crippen LogP contribution in [-0.2, 0) is 10.0 Å². The molecule has 2 rings (SSSR count). The standard InChI is InChI=1S/C14H18FN3O2S/c1-21(19,20)18-6-2-3-11(10-18)9-17-13-4-5-14(15)12(7-13)8-16/h4-5,7,11,17H,2-3,6,9-10H2,1H3. The Kier molecular flexibility index (Phi) is 4.80. The fraction of sp³-hybridized carbons (Fsp3) is 0.500. The van der Waals surface area contributed by atoms with Gasteiger partial charge in [0.25, 0.3) is 0 Å². The molecule has 1 atom stereocenters. The Morgan fingerprint density at radius 1 is 1.52 bits per heavy atom. The number of halogens is 1. The van der Waals surface area contributed by atoms with Gasteiger partial charge in [-0.3, -0.25) is 0 Å². The molecule has 0 amide bonds. The summed E-state index contributed by atoms with van der Waals surface area (Å²) < 4.78 is 37.8. The zero-order valence-electron chi connectivity index (χ0n) is 11.8. The third-order valence-corrected chi connectivity index (χ3v) is 4.90. The highest BCUT2D eigenvalue weighted by Crippen LogP contribution is 2.20. The minimum Gasteiger partial charge on any atom is -0.385 e. The highest BCUT2D eigenvalue weighted by atomic mass is 32.2. The minimum absolute atomic E-state index is 0.00130. The summed E-state index contributed by atoms with van der Waals surface area (Å²) in [4.78, 5) is 0. The third kappa shape index (κ3) is 4.16. The van der Waals surface area contributed by atoms with E-state index < -0.39 is 15.8 Å². The lowest BCUT2D eigenvalue weighted by molar-refractivity contribution is 0.277. The van der Waals surface area contributed by atoms with Crippen LogP contribution in [0.3, 0.4) is 0 Å². The van der Waals surface area contributed by atoms with Crippen molar-refractivity contribution >= 4 is 15.7 Å². The van der Waals surface area contributed by atoms with Crippen molar-refractivity contribution in [3.05, 3.63) is 29.6 Å². The van der Waals surface area contributed by atoms with Crippen molar-refractivity contribution in [2.45, 2.75) is 12.8 Å². The van der Waals surface area contributed by atoms with E-state index in [4.69, 9.17) is 5.26 Å². The normalized spacial score (nSPS) is 20.0. The van der Waals surface area contributed by atoms with E-state index in [9.17, 15) is 12.8 Å². The zero-order chi connectivity index (χ0) is 15.5. The summed E-state index contributed by atoms with van der Waals surface area (Å²) in [5.74, 6) is -0.326. The van der Waals surface area contributed by atoms with Crippen molar-refractivity contribution < 1.29 is 12.8 Å². The fourth-order valence-corrected chi connectivity index (χ4v) is 3.42. The second kappa shape index (κ2) is 6.41. The molecule has 1 N–H and O–H groups in total. The molecule has 0 saturated carbocycles. The molecule has 0 bridgehead atoms. The van der Waals surface area contributed by atoms with Gasteiger partial charge in [0.15, 0.2) is 0 Å². The fourth-order valence-electron chi connectivity index (χ4n) is 2.48. The van der Waals surface area contributed by atoms with Gasteiger partial charge in [-0.1, -0.05) is 0 Å². The molecule has 1 unspecified atom stereocenters. The predicted molar refractivity (Wildman–Crippen MR) is 78.7 cm³/mol. The smallest absolute Gasteiger partial charge is 0.211 e. The second-order valence-electron chi connectivity index (χ2n) is 5.32. The maximum atomic E-state index is 13.2. The van der Waals surface area contributed by atoms with Gasteiger partial charge in [0.05, 0.1) is 11.8 Å². The van der Waals surface area contributed by atoms with E-state index in [1.54, 1.807) is 12.1 Å². The van der Waals surface area contributed by atoms with Crippen molar-refractivity contribution in [3.8, 4) is 6.07 Å². The first-order valence-electron chi connectivity index (χ1n) is 6.79.